The molecule has 0 bridgehead atoms. The molecule has 1 aliphatic rings. The predicted molar refractivity (Wildman–Crippen MR) is 84.2 cm³/mol. The Morgan fingerprint density at radius 1 is 1.30 bits per heavy atom. The van der Waals surface area contributed by atoms with Gasteiger partial charge in [0.15, 0.2) is 0 Å². The third kappa shape index (κ3) is 3.02. The average Bonchev–Trinajstić information content (AvgIpc) is 2.62. The smallest absolute Gasteiger partial charge is 0.0860 e. The van der Waals surface area contributed by atoms with Gasteiger partial charge in [0.2, 0.25) is 0 Å². The van der Waals surface area contributed by atoms with Gasteiger partial charge in [0.25, 0.3) is 0 Å². The van der Waals surface area contributed by atoms with Crippen LogP contribution in [0.15, 0.2) is 0 Å². The van der Waals surface area contributed by atoms with Gasteiger partial charge in [0, 0.05) is 37.3 Å². The molecule has 0 unspecified atom stereocenters. The van der Waals surface area contributed by atoms with E-state index < -0.39 is 0 Å². The lowest BCUT2D eigenvalue weighted by Crippen LogP contribution is -2.65. The molecule has 114 valence electrons. The zero-order chi connectivity index (χ0) is 15.1. The van der Waals surface area contributed by atoms with Crippen LogP contribution in [-0.2, 0) is 13.1 Å². The largest absolute Gasteiger partial charge is 0.309 e. The summed E-state index contributed by atoms with van der Waals surface area (Å²) in [6.45, 7) is 16.8. The van der Waals surface area contributed by atoms with Crippen LogP contribution in [0.25, 0.3) is 0 Å². The van der Waals surface area contributed by atoms with E-state index in [0.29, 0.717) is 0 Å². The van der Waals surface area contributed by atoms with Gasteiger partial charge in [-0.15, -0.1) is 0 Å². The van der Waals surface area contributed by atoms with E-state index in [1.165, 1.54) is 0 Å². The van der Waals surface area contributed by atoms with Gasteiger partial charge in [-0.1, -0.05) is 11.6 Å². The predicted octanol–water partition coefficient (Wildman–Crippen LogP) is 2.83. The molecule has 20 heavy (non-hydrogen) atoms. The highest BCUT2D eigenvalue weighted by Gasteiger charge is 2.38. The van der Waals surface area contributed by atoms with E-state index in [1.54, 1.807) is 0 Å². The minimum atomic E-state index is 0.121. The van der Waals surface area contributed by atoms with Gasteiger partial charge in [-0.05, 0) is 41.5 Å². The van der Waals surface area contributed by atoms with E-state index in [9.17, 15) is 0 Å². The fourth-order valence-electron chi connectivity index (χ4n) is 2.79. The maximum atomic E-state index is 6.45. The normalized spacial score (nSPS) is 22.1. The number of halogens is 1. The molecule has 0 amide bonds. The summed E-state index contributed by atoms with van der Waals surface area (Å²) in [5, 5.41) is 8.95. The van der Waals surface area contributed by atoms with Crippen molar-refractivity contribution in [2.24, 2.45) is 0 Å². The average molecular weight is 299 g/mol. The van der Waals surface area contributed by atoms with Gasteiger partial charge < -0.3 is 5.32 Å². The summed E-state index contributed by atoms with van der Waals surface area (Å²) < 4.78 is 2.03. The highest BCUT2D eigenvalue weighted by Crippen LogP contribution is 2.28. The quantitative estimate of drug-likeness (QED) is 0.931. The van der Waals surface area contributed by atoms with Crippen LogP contribution in [0, 0.1) is 6.92 Å². The number of aromatic nitrogens is 2. The lowest BCUT2D eigenvalue weighted by Gasteiger charge is -2.49. The summed E-state index contributed by atoms with van der Waals surface area (Å²) in [6, 6.07) is 0. The highest BCUT2D eigenvalue weighted by molar-refractivity contribution is 6.31. The molecule has 1 aromatic rings. The topological polar surface area (TPSA) is 33.1 Å². The summed E-state index contributed by atoms with van der Waals surface area (Å²) in [4.78, 5) is 2.51. The summed E-state index contributed by atoms with van der Waals surface area (Å²) >= 11 is 6.45. The molecule has 0 saturated carbocycles. The van der Waals surface area contributed by atoms with Gasteiger partial charge in [0.05, 0.1) is 16.4 Å². The Bertz CT molecular complexity index is 490. The first-order chi connectivity index (χ1) is 9.16. The summed E-state index contributed by atoms with van der Waals surface area (Å²) in [7, 11) is 0. The fourth-order valence-corrected chi connectivity index (χ4v) is 2.98. The molecule has 1 fully saturated rings. The van der Waals surface area contributed by atoms with Crippen LogP contribution in [0.5, 0.6) is 0 Å². The maximum absolute atomic E-state index is 6.45. The summed E-state index contributed by atoms with van der Waals surface area (Å²) in [6.07, 6.45) is 0. The molecule has 0 aromatic carbocycles. The lowest BCUT2D eigenvalue weighted by molar-refractivity contribution is 0.0303. The second kappa shape index (κ2) is 5.32. The minimum Gasteiger partial charge on any atom is -0.309 e. The van der Waals surface area contributed by atoms with Gasteiger partial charge in [-0.25, -0.2) is 0 Å². The number of hydrogen-bond donors (Lipinski definition) is 1. The van der Waals surface area contributed by atoms with Crippen molar-refractivity contribution >= 4 is 11.6 Å². The highest BCUT2D eigenvalue weighted by atomic mass is 35.5. The summed E-state index contributed by atoms with van der Waals surface area (Å²) in [5.41, 5.74) is 2.32. The van der Waals surface area contributed by atoms with E-state index in [-0.39, 0.29) is 11.1 Å². The number of piperazine rings is 1. The Labute approximate surface area is 127 Å². The molecule has 0 spiro atoms. The van der Waals surface area contributed by atoms with Gasteiger partial charge in [-0.3, -0.25) is 9.58 Å². The lowest BCUT2D eigenvalue weighted by atomic mass is 9.91. The maximum Gasteiger partial charge on any atom is 0.0860 e. The fraction of sp³-hybridized carbons (Fsp3) is 0.800. The molecule has 0 radical (unpaired) electrons. The van der Waals surface area contributed by atoms with Crippen LogP contribution in [0.4, 0.5) is 0 Å². The molecule has 1 aliphatic heterocycles. The first-order valence-electron chi connectivity index (χ1n) is 7.38. The monoisotopic (exact) mass is 298 g/mol. The van der Waals surface area contributed by atoms with Crippen molar-refractivity contribution < 1.29 is 0 Å². The van der Waals surface area contributed by atoms with Crippen molar-refractivity contribution in [2.45, 2.75) is 65.7 Å². The third-order valence-corrected chi connectivity index (χ3v) is 4.73. The second-order valence-corrected chi connectivity index (χ2v) is 7.45. The molecule has 0 aliphatic carbocycles. The van der Waals surface area contributed by atoms with Gasteiger partial charge in [-0.2, -0.15) is 5.10 Å². The van der Waals surface area contributed by atoms with Crippen molar-refractivity contribution in [3.05, 3.63) is 16.4 Å². The van der Waals surface area contributed by atoms with Gasteiger partial charge in [0.1, 0.15) is 0 Å². The number of aryl methyl sites for hydroxylation is 2. The molecule has 1 aromatic heterocycles. The molecular weight excluding hydrogens is 272 g/mol. The van der Waals surface area contributed by atoms with Crippen molar-refractivity contribution in [2.75, 3.05) is 13.1 Å². The number of rotatable bonds is 3. The number of hydrogen-bond acceptors (Lipinski definition) is 3. The van der Waals surface area contributed by atoms with Crippen molar-refractivity contribution in [3.63, 3.8) is 0 Å². The van der Waals surface area contributed by atoms with Gasteiger partial charge >= 0.3 is 0 Å². The van der Waals surface area contributed by atoms with Crippen LogP contribution >= 0.6 is 11.6 Å². The second-order valence-electron chi connectivity index (χ2n) is 7.07. The molecule has 0 atom stereocenters. The minimum absolute atomic E-state index is 0.121. The van der Waals surface area contributed by atoms with E-state index >= 15 is 0 Å². The van der Waals surface area contributed by atoms with Crippen molar-refractivity contribution in [1.29, 1.82) is 0 Å². The molecule has 1 saturated heterocycles. The van der Waals surface area contributed by atoms with E-state index in [4.69, 9.17) is 11.6 Å². The van der Waals surface area contributed by atoms with Crippen LogP contribution in [0.2, 0.25) is 5.02 Å². The molecule has 1 N–H and O–H groups in total. The Hall–Kier alpha value is -0.580. The Morgan fingerprint density at radius 2 is 1.95 bits per heavy atom. The van der Waals surface area contributed by atoms with Crippen LogP contribution < -0.4 is 5.32 Å². The van der Waals surface area contributed by atoms with E-state index in [2.05, 4.69) is 49.9 Å². The number of nitrogens with zero attached hydrogens (tertiary/aromatic N) is 3. The van der Waals surface area contributed by atoms with E-state index in [0.717, 1.165) is 42.6 Å². The molecule has 4 nitrogen and oxygen atoms in total. The third-order valence-electron chi connectivity index (χ3n) is 4.24. The first kappa shape index (κ1) is 15.8. The van der Waals surface area contributed by atoms with Crippen molar-refractivity contribution in [1.82, 2.24) is 20.0 Å². The molecular formula is C15H27ClN4. The van der Waals surface area contributed by atoms with E-state index in [1.807, 2.05) is 11.6 Å². The van der Waals surface area contributed by atoms with Crippen LogP contribution in [0.1, 0.15) is 46.0 Å². The molecule has 5 heteroatoms. The molecule has 2 heterocycles. The zero-order valence-electron chi connectivity index (χ0n) is 13.5. The van der Waals surface area contributed by atoms with Crippen LogP contribution in [0.3, 0.4) is 0 Å². The summed E-state index contributed by atoms with van der Waals surface area (Å²) in [5.74, 6) is 0. The Balaban J connectivity index is 2.27. The zero-order valence-corrected chi connectivity index (χ0v) is 14.3. The molecule has 2 rings (SSSR count). The first-order valence-corrected chi connectivity index (χ1v) is 7.76. The van der Waals surface area contributed by atoms with Crippen LogP contribution in [-0.4, -0.2) is 38.8 Å². The Kier molecular flexibility index (Phi) is 4.20. The van der Waals surface area contributed by atoms with Crippen molar-refractivity contribution in [3.8, 4) is 0 Å². The standard InChI is InChI=1S/C15H27ClN4/c1-7-20-12(13(16)11(2)18-20)8-19-10-14(3,4)17-9-15(19,5)6/h17H,7-10H2,1-6H3. The number of nitrogens with one attached hydrogen (secondary N) is 1. The Morgan fingerprint density at radius 3 is 2.55 bits per heavy atom. The SMILES string of the molecule is CCn1nc(C)c(Cl)c1CN1CC(C)(C)NCC1(C)C.